The Morgan fingerprint density at radius 1 is 1.45 bits per heavy atom. The quantitative estimate of drug-likeness (QED) is 0.510. The summed E-state index contributed by atoms with van der Waals surface area (Å²) in [6.45, 7) is 0.413. The number of rotatable bonds is 6. The summed E-state index contributed by atoms with van der Waals surface area (Å²) in [5.41, 5.74) is 2.28. The van der Waals surface area contributed by atoms with Gasteiger partial charge in [-0.2, -0.15) is 0 Å². The van der Waals surface area contributed by atoms with Gasteiger partial charge in [-0.3, -0.25) is 0 Å². The van der Waals surface area contributed by atoms with E-state index in [1.54, 1.807) is 0 Å². The van der Waals surface area contributed by atoms with Crippen LogP contribution in [0.1, 0.15) is 19.3 Å². The van der Waals surface area contributed by atoms with E-state index in [1.165, 1.54) is 18.3 Å². The summed E-state index contributed by atoms with van der Waals surface area (Å²) in [6, 6.07) is 2.86. The van der Waals surface area contributed by atoms with Gasteiger partial charge in [-0.25, -0.2) is 24.0 Å². The first kappa shape index (κ1) is 15.2. The van der Waals surface area contributed by atoms with Crippen LogP contribution in [0.4, 0.5) is 5.82 Å². The van der Waals surface area contributed by atoms with Crippen molar-refractivity contribution in [1.82, 2.24) is 14.6 Å². The fourth-order valence-corrected chi connectivity index (χ4v) is 3.47. The third kappa shape index (κ3) is 2.93. The third-order valence-corrected chi connectivity index (χ3v) is 5.41. The maximum absolute atomic E-state index is 12.3. The fourth-order valence-electron chi connectivity index (χ4n) is 2.34. The van der Waals surface area contributed by atoms with Gasteiger partial charge >= 0.3 is 0 Å². The molecule has 0 bridgehead atoms. The third-order valence-electron chi connectivity index (χ3n) is 4.01. The molecule has 1 aliphatic rings. The van der Waals surface area contributed by atoms with Crippen molar-refractivity contribution >= 4 is 15.8 Å². The average Bonchev–Trinajstić information content (AvgIpc) is 2.37. The summed E-state index contributed by atoms with van der Waals surface area (Å²) in [5, 5.41) is 0. The van der Waals surface area contributed by atoms with Crippen molar-refractivity contribution in [3.8, 4) is 0 Å². The van der Waals surface area contributed by atoms with E-state index >= 15 is 0 Å². The lowest BCUT2D eigenvalue weighted by atomic mass is 9.76. The zero-order valence-corrected chi connectivity index (χ0v) is 12.6. The van der Waals surface area contributed by atoms with Crippen molar-refractivity contribution in [2.45, 2.75) is 29.7 Å². The Bertz CT molecular complexity index is 569. The summed E-state index contributed by atoms with van der Waals surface area (Å²) >= 11 is 0. The van der Waals surface area contributed by atoms with Crippen LogP contribution in [0, 0.1) is 0 Å². The molecular weight excluding hydrogens is 278 g/mol. The highest BCUT2D eigenvalue weighted by Gasteiger charge is 2.39. The van der Waals surface area contributed by atoms with Crippen LogP contribution in [0.25, 0.3) is 0 Å². The molecule has 1 saturated carbocycles. The molecule has 2 rings (SSSR count). The molecule has 0 unspecified atom stereocenters. The van der Waals surface area contributed by atoms with Crippen molar-refractivity contribution in [2.24, 2.45) is 5.84 Å². The van der Waals surface area contributed by atoms with Crippen molar-refractivity contribution in [3.63, 3.8) is 0 Å². The molecule has 1 aromatic heterocycles. The second kappa shape index (κ2) is 5.65. The molecule has 112 valence electrons. The van der Waals surface area contributed by atoms with E-state index in [2.05, 4.69) is 20.0 Å². The molecule has 0 saturated heterocycles. The molecule has 1 aromatic rings. The Balaban J connectivity index is 2.11. The molecule has 0 aromatic carbocycles. The van der Waals surface area contributed by atoms with E-state index in [0.717, 1.165) is 19.3 Å². The number of nitrogen functional groups attached to an aromatic ring is 1. The van der Waals surface area contributed by atoms with Crippen molar-refractivity contribution in [3.05, 3.63) is 18.3 Å². The largest absolute Gasteiger partial charge is 0.308 e. The first-order valence-corrected chi connectivity index (χ1v) is 7.98. The number of aromatic nitrogens is 1. The summed E-state index contributed by atoms with van der Waals surface area (Å²) in [7, 11) is 0.417. The monoisotopic (exact) mass is 299 g/mol. The standard InChI is InChI=1S/C12H21N5O2S/c1-17(2)12(5-3-6-12)9-15-20(18,19)10-4-7-14-11(8-10)16-13/h4,7-8,15H,3,5-6,9,13H2,1-2H3,(H,14,16). The number of hydrogen-bond donors (Lipinski definition) is 3. The minimum absolute atomic E-state index is 0.0605. The number of hydrazine groups is 1. The Kier molecular flexibility index (Phi) is 4.28. The van der Waals surface area contributed by atoms with Gasteiger partial charge in [0.2, 0.25) is 10.0 Å². The maximum atomic E-state index is 12.3. The van der Waals surface area contributed by atoms with Crippen LogP contribution in [-0.2, 0) is 10.0 Å². The highest BCUT2D eigenvalue weighted by Crippen LogP contribution is 2.35. The smallest absolute Gasteiger partial charge is 0.240 e. The van der Waals surface area contributed by atoms with E-state index in [1.807, 2.05) is 14.1 Å². The topological polar surface area (TPSA) is 100 Å². The lowest BCUT2D eigenvalue weighted by molar-refractivity contribution is 0.0657. The SMILES string of the molecule is CN(C)C1(CNS(=O)(=O)c2ccnc(NN)c2)CCC1. The first-order chi connectivity index (χ1) is 9.39. The molecule has 4 N–H and O–H groups in total. The van der Waals surface area contributed by atoms with Gasteiger partial charge in [-0.15, -0.1) is 0 Å². The molecule has 1 aliphatic carbocycles. The Hall–Kier alpha value is -1.22. The summed E-state index contributed by atoms with van der Waals surface area (Å²) in [4.78, 5) is 6.16. The van der Waals surface area contributed by atoms with Crippen LogP contribution < -0.4 is 16.0 Å². The highest BCUT2D eigenvalue weighted by molar-refractivity contribution is 7.89. The molecule has 20 heavy (non-hydrogen) atoms. The Morgan fingerprint density at radius 2 is 2.15 bits per heavy atom. The molecule has 0 amide bonds. The molecule has 0 atom stereocenters. The number of nitrogens with one attached hydrogen (secondary N) is 2. The summed E-state index contributed by atoms with van der Waals surface area (Å²) < 4.78 is 27.3. The van der Waals surface area contributed by atoms with Crippen LogP contribution in [-0.4, -0.2) is 44.5 Å². The van der Waals surface area contributed by atoms with Crippen LogP contribution >= 0.6 is 0 Å². The second-order valence-corrected chi connectivity index (χ2v) is 7.08. The molecule has 1 fully saturated rings. The van der Waals surface area contributed by atoms with Gasteiger partial charge in [0.1, 0.15) is 5.82 Å². The lowest BCUT2D eigenvalue weighted by Crippen LogP contribution is -2.57. The Labute approximate surface area is 119 Å². The molecule has 8 heteroatoms. The summed E-state index contributed by atoms with van der Waals surface area (Å²) in [5.74, 6) is 5.56. The minimum atomic E-state index is -3.55. The zero-order valence-electron chi connectivity index (χ0n) is 11.8. The molecule has 1 heterocycles. The Morgan fingerprint density at radius 3 is 2.65 bits per heavy atom. The molecule has 0 radical (unpaired) electrons. The van der Waals surface area contributed by atoms with E-state index < -0.39 is 10.0 Å². The number of anilines is 1. The van der Waals surface area contributed by atoms with E-state index in [9.17, 15) is 8.42 Å². The predicted octanol–water partition coefficient (Wildman–Crippen LogP) is 0.130. The lowest BCUT2D eigenvalue weighted by Gasteiger charge is -2.47. The van der Waals surface area contributed by atoms with E-state index in [-0.39, 0.29) is 10.4 Å². The van der Waals surface area contributed by atoms with Crippen LogP contribution in [0.5, 0.6) is 0 Å². The summed E-state index contributed by atoms with van der Waals surface area (Å²) in [6.07, 6.45) is 4.56. The normalized spacial score (nSPS) is 17.8. The first-order valence-electron chi connectivity index (χ1n) is 6.49. The van der Waals surface area contributed by atoms with Gasteiger partial charge in [0.15, 0.2) is 0 Å². The molecule has 7 nitrogen and oxygen atoms in total. The number of nitrogens with two attached hydrogens (primary N) is 1. The molecule has 0 aliphatic heterocycles. The molecule has 0 spiro atoms. The molecular formula is C12H21N5O2S. The maximum Gasteiger partial charge on any atom is 0.240 e. The van der Waals surface area contributed by atoms with Crippen molar-refractivity contribution in [2.75, 3.05) is 26.1 Å². The van der Waals surface area contributed by atoms with Crippen LogP contribution in [0.3, 0.4) is 0 Å². The van der Waals surface area contributed by atoms with Crippen LogP contribution in [0.15, 0.2) is 23.2 Å². The number of hydrogen-bond acceptors (Lipinski definition) is 6. The number of likely N-dealkylation sites (N-methyl/N-ethyl adjacent to an activating group) is 1. The minimum Gasteiger partial charge on any atom is -0.308 e. The van der Waals surface area contributed by atoms with Gasteiger partial charge in [0, 0.05) is 24.3 Å². The number of nitrogens with zero attached hydrogens (tertiary/aromatic N) is 2. The van der Waals surface area contributed by atoms with E-state index in [4.69, 9.17) is 5.84 Å². The second-order valence-electron chi connectivity index (χ2n) is 5.32. The van der Waals surface area contributed by atoms with Crippen LogP contribution in [0.2, 0.25) is 0 Å². The van der Waals surface area contributed by atoms with Gasteiger partial charge in [-0.05, 0) is 39.4 Å². The van der Waals surface area contributed by atoms with Crippen molar-refractivity contribution < 1.29 is 8.42 Å². The highest BCUT2D eigenvalue weighted by atomic mass is 32.2. The van der Waals surface area contributed by atoms with Gasteiger partial charge in [0.05, 0.1) is 4.90 Å². The zero-order chi connectivity index (χ0) is 14.8. The number of pyridine rings is 1. The van der Waals surface area contributed by atoms with Gasteiger partial charge < -0.3 is 10.3 Å². The van der Waals surface area contributed by atoms with Gasteiger partial charge in [0.25, 0.3) is 0 Å². The van der Waals surface area contributed by atoms with E-state index in [0.29, 0.717) is 12.4 Å². The fraction of sp³-hybridized carbons (Fsp3) is 0.583. The number of sulfonamides is 1. The predicted molar refractivity (Wildman–Crippen MR) is 77.5 cm³/mol. The van der Waals surface area contributed by atoms with Crippen molar-refractivity contribution in [1.29, 1.82) is 0 Å². The van der Waals surface area contributed by atoms with Gasteiger partial charge in [-0.1, -0.05) is 0 Å². The average molecular weight is 299 g/mol.